The van der Waals surface area contributed by atoms with E-state index in [2.05, 4.69) is 44.5 Å². The molecule has 0 aliphatic rings. The van der Waals surface area contributed by atoms with E-state index in [0.717, 1.165) is 40.1 Å². The lowest BCUT2D eigenvalue weighted by molar-refractivity contribution is -0.387. The summed E-state index contributed by atoms with van der Waals surface area (Å²) in [5.74, 6) is -0.432. The van der Waals surface area contributed by atoms with Gasteiger partial charge in [0.25, 0.3) is 11.6 Å². The Kier molecular flexibility index (Phi) is 5.46. The van der Waals surface area contributed by atoms with Crippen LogP contribution in [0.4, 0.5) is 11.4 Å². The van der Waals surface area contributed by atoms with E-state index in [9.17, 15) is 14.9 Å². The van der Waals surface area contributed by atoms with Crippen molar-refractivity contribution < 1.29 is 9.72 Å². The molecule has 0 fully saturated rings. The first-order valence-corrected chi connectivity index (χ1v) is 11.3. The monoisotopic (exact) mass is 473 g/mol. The van der Waals surface area contributed by atoms with Crippen molar-refractivity contribution in [2.24, 2.45) is 7.05 Å². The van der Waals surface area contributed by atoms with Gasteiger partial charge < -0.3 is 9.88 Å². The minimum absolute atomic E-state index is 0.184. The molecule has 1 amide bonds. The number of carbonyl (C=O) groups excluding carboxylic acids is 1. The summed E-state index contributed by atoms with van der Waals surface area (Å²) < 4.78 is 3.64. The number of hydrogen-bond donors (Lipinski definition) is 1. The fourth-order valence-corrected chi connectivity index (χ4v) is 4.79. The highest BCUT2D eigenvalue weighted by atomic mass is 32.2. The first-order valence-electron chi connectivity index (χ1n) is 10.5. The van der Waals surface area contributed by atoms with Crippen LogP contribution in [-0.4, -0.2) is 35.6 Å². The smallest absolute Gasteiger partial charge is 0.284 e. The quantitative estimate of drug-likeness (QED) is 0.281. The fraction of sp³-hybridized carbons (Fsp3) is 0.130. The lowest BCUT2D eigenvalue weighted by Gasteiger charge is -2.08. The van der Waals surface area contributed by atoms with Gasteiger partial charge >= 0.3 is 0 Å². The van der Waals surface area contributed by atoms with E-state index < -0.39 is 10.8 Å². The summed E-state index contributed by atoms with van der Waals surface area (Å²) in [5, 5.41) is 28.2. The molecule has 2 heterocycles. The van der Waals surface area contributed by atoms with Crippen molar-refractivity contribution in [2.45, 2.75) is 23.5 Å². The van der Waals surface area contributed by atoms with Crippen LogP contribution in [-0.2, 0) is 13.6 Å². The molecule has 0 bridgehead atoms. The highest BCUT2D eigenvalue weighted by Gasteiger charge is 2.21. The number of aromatic nitrogens is 5. The maximum Gasteiger partial charge on any atom is 0.284 e. The Hall–Kier alpha value is -4.25. The van der Waals surface area contributed by atoms with Gasteiger partial charge in [-0.3, -0.25) is 14.9 Å². The molecule has 0 unspecified atom stereocenters. The minimum Gasteiger partial charge on any atom is -0.341 e. The highest BCUT2D eigenvalue weighted by molar-refractivity contribution is 7.99. The van der Waals surface area contributed by atoms with Gasteiger partial charge in [0.15, 0.2) is 0 Å². The Morgan fingerprint density at radius 1 is 1.09 bits per heavy atom. The molecule has 5 rings (SSSR count). The standard InChI is InChI=1S/C23H19N7O3S/c1-3-29-18-7-5-4-6-16(18)17-13-15(9-10-19(17)29)24-22(31)14-8-11-21(20(12-14)30(32)33)34-23-25-26-27-28(23)2/h4-13H,3H2,1-2H3,(H,24,31). The maximum atomic E-state index is 13.0. The number of nitrogens with one attached hydrogen (secondary N) is 1. The number of nitro groups is 1. The third kappa shape index (κ3) is 3.75. The predicted octanol–water partition coefficient (Wildman–Crippen LogP) is 4.65. The number of tetrazole rings is 1. The van der Waals surface area contributed by atoms with Crippen LogP contribution in [0.2, 0.25) is 0 Å². The summed E-state index contributed by atoms with van der Waals surface area (Å²) in [4.78, 5) is 24.4. The number of carbonyl (C=O) groups is 1. The third-order valence-corrected chi connectivity index (χ3v) is 6.64. The van der Waals surface area contributed by atoms with Crippen LogP contribution in [0, 0.1) is 10.1 Å². The summed E-state index contributed by atoms with van der Waals surface area (Å²) in [6.45, 7) is 2.92. The summed E-state index contributed by atoms with van der Waals surface area (Å²) in [5.41, 5.74) is 2.82. The number of nitro benzene ring substituents is 1. The second kappa shape index (κ2) is 8.60. The van der Waals surface area contributed by atoms with Crippen molar-refractivity contribution in [2.75, 3.05) is 5.32 Å². The highest BCUT2D eigenvalue weighted by Crippen LogP contribution is 2.34. The van der Waals surface area contributed by atoms with Gasteiger partial charge in [-0.05, 0) is 65.5 Å². The van der Waals surface area contributed by atoms with E-state index in [4.69, 9.17) is 0 Å². The SMILES string of the molecule is CCn1c2ccccc2c2cc(NC(=O)c3ccc(Sc4nnnn4C)c([N+](=O)[O-])c3)ccc21. The summed E-state index contributed by atoms with van der Waals surface area (Å²) in [7, 11) is 1.64. The average Bonchev–Trinajstić information content (AvgIpc) is 3.39. The molecule has 0 aliphatic heterocycles. The van der Waals surface area contributed by atoms with Crippen molar-refractivity contribution in [3.8, 4) is 0 Å². The largest absolute Gasteiger partial charge is 0.341 e. The lowest BCUT2D eigenvalue weighted by Crippen LogP contribution is -2.12. The predicted molar refractivity (Wildman–Crippen MR) is 129 cm³/mol. The molecule has 10 nitrogen and oxygen atoms in total. The van der Waals surface area contributed by atoms with E-state index in [1.54, 1.807) is 13.1 Å². The van der Waals surface area contributed by atoms with Gasteiger partial charge in [0.05, 0.1) is 9.82 Å². The van der Waals surface area contributed by atoms with Crippen molar-refractivity contribution >= 4 is 50.8 Å². The molecular weight excluding hydrogens is 454 g/mol. The van der Waals surface area contributed by atoms with Crippen LogP contribution >= 0.6 is 11.8 Å². The van der Waals surface area contributed by atoms with E-state index in [-0.39, 0.29) is 11.3 Å². The van der Waals surface area contributed by atoms with Crippen LogP contribution in [0.25, 0.3) is 21.8 Å². The Labute approximate surface area is 197 Å². The molecule has 0 saturated carbocycles. The maximum absolute atomic E-state index is 13.0. The molecule has 1 N–H and O–H groups in total. The van der Waals surface area contributed by atoms with Crippen LogP contribution in [0.5, 0.6) is 0 Å². The molecule has 2 aromatic heterocycles. The Bertz CT molecular complexity index is 1570. The van der Waals surface area contributed by atoms with Crippen molar-refractivity contribution in [1.82, 2.24) is 24.8 Å². The van der Waals surface area contributed by atoms with Gasteiger partial charge in [-0.25, -0.2) is 4.68 Å². The first-order chi connectivity index (χ1) is 16.5. The van der Waals surface area contributed by atoms with E-state index in [0.29, 0.717) is 15.7 Å². The molecule has 5 aromatic rings. The number of hydrogen-bond acceptors (Lipinski definition) is 7. The number of anilines is 1. The first kappa shape index (κ1) is 21.6. The summed E-state index contributed by atoms with van der Waals surface area (Å²) in [6, 6.07) is 18.2. The molecule has 170 valence electrons. The second-order valence-electron chi connectivity index (χ2n) is 7.57. The number of nitrogens with zero attached hydrogens (tertiary/aromatic N) is 6. The molecule has 0 spiro atoms. The van der Waals surface area contributed by atoms with Crippen LogP contribution in [0.3, 0.4) is 0 Å². The molecule has 0 atom stereocenters. The Morgan fingerprint density at radius 3 is 2.62 bits per heavy atom. The molecule has 3 aromatic carbocycles. The van der Waals surface area contributed by atoms with E-state index in [1.165, 1.54) is 16.8 Å². The topological polar surface area (TPSA) is 121 Å². The number of rotatable bonds is 6. The molecule has 0 aliphatic carbocycles. The van der Waals surface area contributed by atoms with Crippen LogP contribution < -0.4 is 5.32 Å². The van der Waals surface area contributed by atoms with Gasteiger partial charge in [0, 0.05) is 52.7 Å². The summed E-state index contributed by atoms with van der Waals surface area (Å²) >= 11 is 1.06. The second-order valence-corrected chi connectivity index (χ2v) is 8.58. The van der Waals surface area contributed by atoms with Crippen LogP contribution in [0.15, 0.2) is 70.7 Å². The number of fused-ring (bicyclic) bond motifs is 3. The minimum atomic E-state index is -0.519. The van der Waals surface area contributed by atoms with Crippen molar-refractivity contribution in [1.29, 1.82) is 0 Å². The summed E-state index contributed by atoms with van der Waals surface area (Å²) in [6.07, 6.45) is 0. The Balaban J connectivity index is 1.46. The number of aryl methyl sites for hydroxylation is 2. The van der Waals surface area contributed by atoms with Gasteiger partial charge in [0.2, 0.25) is 5.16 Å². The fourth-order valence-electron chi connectivity index (χ4n) is 3.97. The zero-order valence-corrected chi connectivity index (χ0v) is 19.1. The van der Waals surface area contributed by atoms with Gasteiger partial charge in [-0.1, -0.05) is 18.2 Å². The molecule has 0 radical (unpaired) electrons. The average molecular weight is 474 g/mol. The Morgan fingerprint density at radius 2 is 1.88 bits per heavy atom. The number of para-hydroxylation sites is 1. The van der Waals surface area contributed by atoms with Gasteiger partial charge in [0.1, 0.15) is 0 Å². The number of benzene rings is 3. The van der Waals surface area contributed by atoms with Crippen molar-refractivity contribution in [3.05, 3.63) is 76.3 Å². The number of amides is 1. The third-order valence-electron chi connectivity index (χ3n) is 5.55. The van der Waals surface area contributed by atoms with Crippen LogP contribution in [0.1, 0.15) is 17.3 Å². The van der Waals surface area contributed by atoms with Crippen molar-refractivity contribution in [3.63, 3.8) is 0 Å². The zero-order valence-electron chi connectivity index (χ0n) is 18.3. The molecular formula is C23H19N7O3S. The zero-order chi connectivity index (χ0) is 23.8. The van der Waals surface area contributed by atoms with E-state index in [1.807, 2.05) is 30.3 Å². The van der Waals surface area contributed by atoms with Gasteiger partial charge in [-0.2, -0.15) is 0 Å². The molecule has 11 heteroatoms. The lowest BCUT2D eigenvalue weighted by atomic mass is 10.1. The molecule has 0 saturated heterocycles. The molecule has 34 heavy (non-hydrogen) atoms. The van der Waals surface area contributed by atoms with E-state index >= 15 is 0 Å². The van der Waals surface area contributed by atoms with Gasteiger partial charge in [-0.15, -0.1) is 5.10 Å². The normalized spacial score (nSPS) is 11.2.